The summed E-state index contributed by atoms with van der Waals surface area (Å²) in [7, 11) is 1.59. The van der Waals surface area contributed by atoms with Crippen molar-refractivity contribution in [3.05, 3.63) is 31.9 Å². The number of carbonyl (C=O) groups is 1. The first-order chi connectivity index (χ1) is 14.3. The molecule has 12 heteroatoms. The molecule has 4 heterocycles. The molecule has 0 spiro atoms. The summed E-state index contributed by atoms with van der Waals surface area (Å²) < 4.78 is 4.19. The predicted molar refractivity (Wildman–Crippen MR) is 117 cm³/mol. The van der Waals surface area contributed by atoms with Crippen molar-refractivity contribution in [2.75, 3.05) is 23.7 Å². The molecule has 1 saturated heterocycles. The minimum absolute atomic E-state index is 0.143. The highest BCUT2D eigenvalue weighted by Crippen LogP contribution is 2.27. The maximum absolute atomic E-state index is 12.6. The largest absolute Gasteiger partial charge is 0.369 e. The normalized spacial score (nSPS) is 15.2. The molecule has 1 aliphatic heterocycles. The van der Waals surface area contributed by atoms with Gasteiger partial charge in [-0.3, -0.25) is 19.1 Å². The fourth-order valence-electron chi connectivity index (χ4n) is 3.66. The number of fused-ring (bicyclic) bond motifs is 1. The number of rotatable bonds is 6. The average molecular weight is 450 g/mol. The lowest BCUT2D eigenvalue weighted by atomic mass is 9.96. The number of nitrogens with two attached hydrogens (primary N) is 1. The van der Waals surface area contributed by atoms with E-state index in [2.05, 4.69) is 19.9 Å². The smallest absolute Gasteiger partial charge is 0.329 e. The van der Waals surface area contributed by atoms with Gasteiger partial charge in [-0.25, -0.2) is 9.78 Å². The molecular weight excluding hydrogens is 426 g/mol. The summed E-state index contributed by atoms with van der Waals surface area (Å²) in [5.74, 6) is 0.911. The lowest BCUT2D eigenvalue weighted by molar-refractivity contribution is -0.122. The van der Waals surface area contributed by atoms with Gasteiger partial charge in [0.05, 0.1) is 0 Å². The third-order valence-corrected chi connectivity index (χ3v) is 7.42. The number of thiazole rings is 1. The second-order valence-electron chi connectivity index (χ2n) is 7.32. The number of H-pyrrole nitrogens is 1. The van der Waals surface area contributed by atoms with Crippen molar-refractivity contribution < 1.29 is 4.79 Å². The van der Waals surface area contributed by atoms with Gasteiger partial charge in [-0.1, -0.05) is 11.8 Å². The molecule has 1 aliphatic rings. The van der Waals surface area contributed by atoms with Crippen LogP contribution in [-0.2, 0) is 18.4 Å². The molecule has 0 saturated carbocycles. The zero-order valence-corrected chi connectivity index (χ0v) is 18.4. The van der Waals surface area contributed by atoms with Gasteiger partial charge < -0.3 is 15.2 Å². The second kappa shape index (κ2) is 8.26. The zero-order valence-electron chi connectivity index (χ0n) is 16.8. The lowest BCUT2D eigenvalue weighted by Crippen LogP contribution is -2.39. The van der Waals surface area contributed by atoms with Crippen molar-refractivity contribution in [2.45, 2.75) is 30.6 Å². The quantitative estimate of drug-likeness (QED) is 0.529. The van der Waals surface area contributed by atoms with Gasteiger partial charge >= 0.3 is 5.69 Å². The van der Waals surface area contributed by atoms with E-state index in [0.29, 0.717) is 55.3 Å². The Hall–Kier alpha value is -2.60. The highest BCUT2D eigenvalue weighted by molar-refractivity contribution is 8.00. The van der Waals surface area contributed by atoms with Gasteiger partial charge in [-0.15, -0.1) is 11.3 Å². The maximum atomic E-state index is 12.6. The van der Waals surface area contributed by atoms with Gasteiger partial charge in [0.1, 0.15) is 4.34 Å². The first-order valence-electron chi connectivity index (χ1n) is 9.64. The molecule has 0 bridgehead atoms. The second-order valence-corrected chi connectivity index (χ2v) is 9.52. The predicted octanol–water partition coefficient (Wildman–Crippen LogP) is 0.682. The Balaban J connectivity index is 1.67. The summed E-state index contributed by atoms with van der Waals surface area (Å²) in [5, 5.41) is 2.00. The van der Waals surface area contributed by atoms with Gasteiger partial charge in [-0.2, -0.15) is 4.98 Å². The molecule has 1 fully saturated rings. The van der Waals surface area contributed by atoms with Crippen molar-refractivity contribution in [1.82, 2.24) is 24.1 Å². The minimum atomic E-state index is -0.497. The molecule has 3 aromatic rings. The van der Waals surface area contributed by atoms with Crippen LogP contribution >= 0.6 is 23.1 Å². The van der Waals surface area contributed by atoms with Crippen LogP contribution in [-0.4, -0.2) is 48.8 Å². The first-order valence-corrected chi connectivity index (χ1v) is 11.5. The fourth-order valence-corrected chi connectivity index (χ4v) is 5.51. The van der Waals surface area contributed by atoms with Crippen LogP contribution in [0.5, 0.6) is 0 Å². The number of piperidine rings is 1. The number of anilines is 1. The Morgan fingerprint density at radius 1 is 1.33 bits per heavy atom. The molecule has 3 N–H and O–H groups in total. The van der Waals surface area contributed by atoms with Crippen LogP contribution in [0, 0.1) is 12.8 Å². The van der Waals surface area contributed by atoms with E-state index in [0.717, 1.165) is 10.0 Å². The van der Waals surface area contributed by atoms with E-state index in [1.165, 1.54) is 4.57 Å². The maximum Gasteiger partial charge on any atom is 0.329 e. The molecule has 30 heavy (non-hydrogen) atoms. The first kappa shape index (κ1) is 20.7. The van der Waals surface area contributed by atoms with Crippen molar-refractivity contribution >= 4 is 46.1 Å². The van der Waals surface area contributed by atoms with Gasteiger partial charge in [0.15, 0.2) is 11.2 Å². The summed E-state index contributed by atoms with van der Waals surface area (Å²) in [6.07, 6.45) is 1.28. The number of primary amides is 1. The Morgan fingerprint density at radius 2 is 2.07 bits per heavy atom. The molecule has 4 rings (SSSR count). The summed E-state index contributed by atoms with van der Waals surface area (Å²) in [6, 6.07) is 0. The SMILES string of the molecule is Cc1csc(SCCn2c(N3CCC(C(N)=O)CC3)nc3c2c(=O)[nH]c(=O)n3C)n1. The molecule has 3 aromatic heterocycles. The monoisotopic (exact) mass is 449 g/mol. The van der Waals surface area contributed by atoms with Crippen molar-refractivity contribution in [3.8, 4) is 0 Å². The summed E-state index contributed by atoms with van der Waals surface area (Å²) in [5.41, 5.74) is 6.22. The summed E-state index contributed by atoms with van der Waals surface area (Å²) >= 11 is 3.21. The van der Waals surface area contributed by atoms with E-state index in [1.54, 1.807) is 30.1 Å². The number of nitrogens with zero attached hydrogens (tertiary/aromatic N) is 5. The van der Waals surface area contributed by atoms with Gasteiger partial charge in [-0.05, 0) is 19.8 Å². The Labute approximate surface area is 180 Å². The van der Waals surface area contributed by atoms with Crippen LogP contribution in [0.15, 0.2) is 19.3 Å². The van der Waals surface area contributed by atoms with Gasteiger partial charge in [0, 0.05) is 49.4 Å². The molecule has 0 aromatic carbocycles. The zero-order chi connectivity index (χ0) is 21.4. The topological polar surface area (TPSA) is 132 Å². The lowest BCUT2D eigenvalue weighted by Gasteiger charge is -2.31. The minimum Gasteiger partial charge on any atom is -0.369 e. The van der Waals surface area contributed by atoms with E-state index in [4.69, 9.17) is 5.73 Å². The number of nitrogens with one attached hydrogen (secondary N) is 1. The standard InChI is InChI=1S/C18H23N7O3S2/c1-10-9-30-18(20-10)29-8-7-25-12-14(23(2)17(28)22-15(12)27)21-16(25)24-5-3-11(4-6-24)13(19)26/h9,11H,3-8H2,1-2H3,(H2,19,26)(H,22,27,28). The van der Waals surface area contributed by atoms with E-state index in [1.807, 2.05) is 16.9 Å². The molecule has 160 valence electrons. The Kier molecular flexibility index (Phi) is 5.69. The van der Waals surface area contributed by atoms with Crippen molar-refractivity contribution in [2.24, 2.45) is 18.7 Å². The number of imidazole rings is 1. The highest BCUT2D eigenvalue weighted by Gasteiger charge is 2.27. The highest BCUT2D eigenvalue weighted by atomic mass is 32.2. The van der Waals surface area contributed by atoms with E-state index in [9.17, 15) is 14.4 Å². The van der Waals surface area contributed by atoms with Crippen molar-refractivity contribution in [3.63, 3.8) is 0 Å². The summed E-state index contributed by atoms with van der Waals surface area (Å²) in [4.78, 5) is 49.7. The van der Waals surface area contributed by atoms with Crippen LogP contribution in [0.2, 0.25) is 0 Å². The molecule has 0 aliphatic carbocycles. The van der Waals surface area contributed by atoms with E-state index < -0.39 is 11.2 Å². The third kappa shape index (κ3) is 3.88. The number of hydrogen-bond acceptors (Lipinski definition) is 8. The Morgan fingerprint density at radius 3 is 2.70 bits per heavy atom. The number of aryl methyl sites for hydroxylation is 3. The molecular formula is C18H23N7O3S2. The number of hydrogen-bond donors (Lipinski definition) is 2. The molecule has 0 unspecified atom stereocenters. The number of aromatic nitrogens is 5. The Bertz CT molecular complexity index is 1200. The molecule has 1 amide bonds. The van der Waals surface area contributed by atoms with Crippen LogP contribution in [0.3, 0.4) is 0 Å². The van der Waals surface area contributed by atoms with Gasteiger partial charge in [0.2, 0.25) is 11.9 Å². The third-order valence-electron chi connectivity index (χ3n) is 5.31. The van der Waals surface area contributed by atoms with Crippen LogP contribution in [0.25, 0.3) is 11.2 Å². The average Bonchev–Trinajstić information content (AvgIpc) is 3.30. The fraction of sp³-hybridized carbons (Fsp3) is 0.500. The number of thioether (sulfide) groups is 1. The van der Waals surface area contributed by atoms with E-state index >= 15 is 0 Å². The molecule has 0 atom stereocenters. The number of carbonyl (C=O) groups excluding carboxylic acids is 1. The molecule has 10 nitrogen and oxygen atoms in total. The number of amides is 1. The summed E-state index contributed by atoms with van der Waals surface area (Å²) in [6.45, 7) is 3.72. The van der Waals surface area contributed by atoms with Crippen LogP contribution in [0.4, 0.5) is 5.95 Å². The van der Waals surface area contributed by atoms with Gasteiger partial charge in [0.25, 0.3) is 5.56 Å². The van der Waals surface area contributed by atoms with E-state index in [-0.39, 0.29) is 11.8 Å². The van der Waals surface area contributed by atoms with Crippen molar-refractivity contribution in [1.29, 1.82) is 0 Å². The van der Waals surface area contributed by atoms with Crippen LogP contribution in [0.1, 0.15) is 18.5 Å². The number of aromatic amines is 1. The van der Waals surface area contributed by atoms with Crippen LogP contribution < -0.4 is 21.9 Å². The molecule has 0 radical (unpaired) electrons.